The van der Waals surface area contributed by atoms with Gasteiger partial charge in [-0.15, -0.1) is 11.6 Å². The first-order chi connectivity index (χ1) is 7.31. The van der Waals surface area contributed by atoms with Gasteiger partial charge in [0.2, 0.25) is 0 Å². The summed E-state index contributed by atoms with van der Waals surface area (Å²) in [5.74, 6) is 1.20. The van der Waals surface area contributed by atoms with Crippen molar-refractivity contribution in [1.29, 1.82) is 0 Å². The second-order valence-electron chi connectivity index (χ2n) is 3.98. The molecule has 1 aromatic carbocycles. The highest BCUT2D eigenvalue weighted by atomic mass is 35.5. The van der Waals surface area contributed by atoms with Gasteiger partial charge in [0.05, 0.1) is 0 Å². The summed E-state index contributed by atoms with van der Waals surface area (Å²) in [6, 6.07) is 8.35. The van der Waals surface area contributed by atoms with Gasteiger partial charge in [-0.3, -0.25) is 4.98 Å². The molecule has 0 spiro atoms. The molecule has 1 heterocycles. The van der Waals surface area contributed by atoms with Crippen molar-refractivity contribution >= 4 is 22.4 Å². The minimum Gasteiger partial charge on any atom is -0.264 e. The second-order valence-corrected chi connectivity index (χ2v) is 4.29. The Morgan fingerprint density at radius 1 is 1.27 bits per heavy atom. The SMILES string of the molecule is CC(CCl)Cc1cncc2ccccc12. The molecule has 2 rings (SSSR count). The number of fused-ring (bicyclic) bond motifs is 1. The molecule has 1 atom stereocenters. The summed E-state index contributed by atoms with van der Waals surface area (Å²) in [4.78, 5) is 4.26. The lowest BCUT2D eigenvalue weighted by Crippen LogP contribution is -2.01. The molecule has 0 N–H and O–H groups in total. The quantitative estimate of drug-likeness (QED) is 0.719. The highest BCUT2D eigenvalue weighted by molar-refractivity contribution is 6.18. The van der Waals surface area contributed by atoms with Gasteiger partial charge >= 0.3 is 0 Å². The fourth-order valence-electron chi connectivity index (χ4n) is 1.77. The maximum atomic E-state index is 5.83. The van der Waals surface area contributed by atoms with Gasteiger partial charge in [-0.1, -0.05) is 31.2 Å². The topological polar surface area (TPSA) is 12.9 Å². The smallest absolute Gasteiger partial charge is 0.0346 e. The van der Waals surface area contributed by atoms with Crippen LogP contribution < -0.4 is 0 Å². The zero-order chi connectivity index (χ0) is 10.7. The summed E-state index contributed by atoms with van der Waals surface area (Å²) in [5.41, 5.74) is 1.29. The molecule has 0 saturated heterocycles. The van der Waals surface area contributed by atoms with Crippen LogP contribution in [-0.2, 0) is 6.42 Å². The van der Waals surface area contributed by atoms with Crippen LogP contribution in [-0.4, -0.2) is 10.9 Å². The first-order valence-electron chi connectivity index (χ1n) is 5.19. The van der Waals surface area contributed by atoms with Crippen molar-refractivity contribution in [3.63, 3.8) is 0 Å². The van der Waals surface area contributed by atoms with Crippen LogP contribution >= 0.6 is 11.6 Å². The first kappa shape index (κ1) is 10.4. The zero-order valence-corrected chi connectivity index (χ0v) is 9.54. The molecule has 0 amide bonds. The van der Waals surface area contributed by atoms with E-state index in [0.717, 1.165) is 6.42 Å². The predicted octanol–water partition coefficient (Wildman–Crippen LogP) is 3.65. The summed E-state index contributed by atoms with van der Waals surface area (Å²) in [5, 5.41) is 2.50. The van der Waals surface area contributed by atoms with Crippen molar-refractivity contribution in [3.8, 4) is 0 Å². The molecule has 0 bridgehead atoms. The summed E-state index contributed by atoms with van der Waals surface area (Å²) in [7, 11) is 0. The third-order valence-electron chi connectivity index (χ3n) is 2.58. The molecule has 2 heteroatoms. The Balaban J connectivity index is 2.42. The Labute approximate surface area is 95.1 Å². The zero-order valence-electron chi connectivity index (χ0n) is 8.78. The van der Waals surface area contributed by atoms with E-state index < -0.39 is 0 Å². The Kier molecular flexibility index (Phi) is 3.22. The molecular formula is C13H14ClN. The van der Waals surface area contributed by atoms with Crippen LogP contribution in [0.25, 0.3) is 10.8 Å². The molecule has 1 nitrogen and oxygen atoms in total. The fourth-order valence-corrected chi connectivity index (χ4v) is 1.88. The Hall–Kier alpha value is -1.08. The number of halogens is 1. The van der Waals surface area contributed by atoms with Crippen molar-refractivity contribution in [1.82, 2.24) is 4.98 Å². The summed E-state index contributed by atoms with van der Waals surface area (Å²) in [6.07, 6.45) is 4.85. The first-order valence-corrected chi connectivity index (χ1v) is 5.72. The van der Waals surface area contributed by atoms with Crippen LogP contribution in [0.4, 0.5) is 0 Å². The Morgan fingerprint density at radius 3 is 2.87 bits per heavy atom. The van der Waals surface area contributed by atoms with E-state index in [1.807, 2.05) is 18.5 Å². The van der Waals surface area contributed by atoms with Crippen molar-refractivity contribution < 1.29 is 0 Å². The van der Waals surface area contributed by atoms with Gasteiger partial charge in [-0.2, -0.15) is 0 Å². The number of benzene rings is 1. The summed E-state index contributed by atoms with van der Waals surface area (Å²) in [6.45, 7) is 2.16. The molecule has 15 heavy (non-hydrogen) atoms. The number of rotatable bonds is 3. The number of hydrogen-bond donors (Lipinski definition) is 0. The lowest BCUT2D eigenvalue weighted by Gasteiger charge is -2.09. The van der Waals surface area contributed by atoms with Crippen molar-refractivity contribution in [2.24, 2.45) is 5.92 Å². The molecule has 78 valence electrons. The van der Waals surface area contributed by atoms with E-state index in [1.165, 1.54) is 16.3 Å². The lowest BCUT2D eigenvalue weighted by molar-refractivity contribution is 0.656. The van der Waals surface area contributed by atoms with Gasteiger partial charge in [-0.05, 0) is 23.3 Å². The molecule has 0 saturated carbocycles. The molecule has 1 aromatic heterocycles. The number of pyridine rings is 1. The van der Waals surface area contributed by atoms with Crippen molar-refractivity contribution in [2.75, 3.05) is 5.88 Å². The van der Waals surface area contributed by atoms with Crippen LogP contribution in [0, 0.1) is 5.92 Å². The normalized spacial score (nSPS) is 12.9. The molecule has 0 fully saturated rings. The average molecular weight is 220 g/mol. The van der Waals surface area contributed by atoms with E-state index in [2.05, 4.69) is 30.1 Å². The largest absolute Gasteiger partial charge is 0.264 e. The minimum absolute atomic E-state index is 0.499. The summed E-state index contributed by atoms with van der Waals surface area (Å²) < 4.78 is 0. The molecule has 0 aliphatic carbocycles. The third kappa shape index (κ3) is 2.29. The number of nitrogens with zero attached hydrogens (tertiary/aromatic N) is 1. The number of alkyl halides is 1. The molecule has 0 aliphatic heterocycles. The van der Waals surface area contributed by atoms with Crippen molar-refractivity contribution in [3.05, 3.63) is 42.2 Å². The van der Waals surface area contributed by atoms with E-state index in [9.17, 15) is 0 Å². The van der Waals surface area contributed by atoms with Crippen molar-refractivity contribution in [2.45, 2.75) is 13.3 Å². The Morgan fingerprint density at radius 2 is 2.07 bits per heavy atom. The fraction of sp³-hybridized carbons (Fsp3) is 0.308. The van der Waals surface area contributed by atoms with Crippen LogP contribution in [0.1, 0.15) is 12.5 Å². The maximum Gasteiger partial charge on any atom is 0.0346 e. The Bertz CT molecular complexity index is 448. The standard InChI is InChI=1S/C13H14ClN/c1-10(7-14)6-12-9-15-8-11-4-2-3-5-13(11)12/h2-5,8-10H,6-7H2,1H3. The van der Waals surface area contributed by atoms with Gasteiger partial charge in [0.25, 0.3) is 0 Å². The second kappa shape index (κ2) is 4.63. The minimum atomic E-state index is 0.499. The van der Waals surface area contributed by atoms with Crippen LogP contribution in [0.3, 0.4) is 0 Å². The monoisotopic (exact) mass is 219 g/mol. The van der Waals surface area contributed by atoms with E-state index in [1.54, 1.807) is 0 Å². The number of hydrogen-bond acceptors (Lipinski definition) is 1. The highest BCUT2D eigenvalue weighted by Gasteiger charge is 2.05. The maximum absolute atomic E-state index is 5.83. The van der Waals surface area contributed by atoms with Crippen LogP contribution in [0.2, 0.25) is 0 Å². The highest BCUT2D eigenvalue weighted by Crippen LogP contribution is 2.20. The van der Waals surface area contributed by atoms with E-state index in [-0.39, 0.29) is 0 Å². The van der Waals surface area contributed by atoms with Crippen LogP contribution in [0.15, 0.2) is 36.7 Å². The summed E-state index contributed by atoms with van der Waals surface area (Å²) >= 11 is 5.83. The third-order valence-corrected chi connectivity index (χ3v) is 3.11. The van der Waals surface area contributed by atoms with E-state index in [4.69, 9.17) is 11.6 Å². The van der Waals surface area contributed by atoms with Gasteiger partial charge in [0.15, 0.2) is 0 Å². The molecule has 0 aliphatic rings. The van der Waals surface area contributed by atoms with E-state index >= 15 is 0 Å². The molecular weight excluding hydrogens is 206 g/mol. The molecule has 2 aromatic rings. The van der Waals surface area contributed by atoms with Gasteiger partial charge in [-0.25, -0.2) is 0 Å². The van der Waals surface area contributed by atoms with E-state index in [0.29, 0.717) is 11.8 Å². The molecule has 0 radical (unpaired) electrons. The van der Waals surface area contributed by atoms with Gasteiger partial charge in [0, 0.05) is 23.7 Å². The predicted molar refractivity (Wildman–Crippen MR) is 65.3 cm³/mol. The van der Waals surface area contributed by atoms with Gasteiger partial charge < -0.3 is 0 Å². The number of aromatic nitrogens is 1. The molecule has 1 unspecified atom stereocenters. The average Bonchev–Trinajstić information content (AvgIpc) is 2.29. The van der Waals surface area contributed by atoms with Gasteiger partial charge in [0.1, 0.15) is 0 Å². The van der Waals surface area contributed by atoms with Crippen LogP contribution in [0.5, 0.6) is 0 Å². The lowest BCUT2D eigenvalue weighted by atomic mass is 9.99.